The van der Waals surface area contributed by atoms with Crippen molar-refractivity contribution in [3.05, 3.63) is 81.0 Å². The number of carbonyl (C=O) groups excluding carboxylic acids is 2. The SMILES string of the molecule is CCOc1cc(C=O)ccc1OCC(=O)N1N=C(c2ccc(Cl)cc2)CC1c1cccs1. The predicted molar refractivity (Wildman–Crippen MR) is 125 cm³/mol. The van der Waals surface area contributed by atoms with E-state index in [0.717, 1.165) is 22.4 Å². The van der Waals surface area contributed by atoms with E-state index in [0.29, 0.717) is 35.1 Å². The van der Waals surface area contributed by atoms with Gasteiger partial charge < -0.3 is 9.47 Å². The van der Waals surface area contributed by atoms with Crippen LogP contribution in [0.1, 0.15) is 40.2 Å². The topological polar surface area (TPSA) is 68.2 Å². The number of halogens is 1. The minimum atomic E-state index is -0.269. The van der Waals surface area contributed by atoms with E-state index in [1.54, 1.807) is 29.5 Å². The zero-order chi connectivity index (χ0) is 22.5. The monoisotopic (exact) mass is 468 g/mol. The number of thiophene rings is 1. The number of nitrogens with zero attached hydrogens (tertiary/aromatic N) is 2. The molecule has 1 amide bonds. The van der Waals surface area contributed by atoms with E-state index in [1.807, 2.05) is 48.7 Å². The van der Waals surface area contributed by atoms with Crippen LogP contribution >= 0.6 is 22.9 Å². The molecule has 32 heavy (non-hydrogen) atoms. The van der Waals surface area contributed by atoms with Crippen LogP contribution in [-0.2, 0) is 4.79 Å². The van der Waals surface area contributed by atoms with E-state index in [9.17, 15) is 9.59 Å². The molecule has 1 aliphatic rings. The first-order valence-corrected chi connectivity index (χ1v) is 11.4. The Hall–Kier alpha value is -3.16. The molecular formula is C24H21ClN2O4S. The van der Waals surface area contributed by atoms with Crippen LogP contribution in [0.4, 0.5) is 0 Å². The normalized spacial score (nSPS) is 15.4. The van der Waals surface area contributed by atoms with Gasteiger partial charge in [0, 0.05) is 21.9 Å². The maximum Gasteiger partial charge on any atom is 0.281 e. The number of ether oxygens (including phenoxy) is 2. The van der Waals surface area contributed by atoms with Crippen molar-refractivity contribution >= 4 is 40.8 Å². The maximum atomic E-state index is 13.1. The molecule has 4 rings (SSSR count). The molecule has 0 bridgehead atoms. The Labute approximate surface area is 195 Å². The van der Waals surface area contributed by atoms with Gasteiger partial charge in [-0.15, -0.1) is 11.3 Å². The van der Waals surface area contributed by atoms with Crippen molar-refractivity contribution in [3.8, 4) is 11.5 Å². The number of benzene rings is 2. The van der Waals surface area contributed by atoms with Crippen molar-refractivity contribution in [2.45, 2.75) is 19.4 Å². The third-order valence-corrected chi connectivity index (χ3v) is 6.20. The van der Waals surface area contributed by atoms with E-state index >= 15 is 0 Å². The summed E-state index contributed by atoms with van der Waals surface area (Å²) in [5.74, 6) is 0.556. The molecule has 1 unspecified atom stereocenters. The summed E-state index contributed by atoms with van der Waals surface area (Å²) < 4.78 is 11.3. The van der Waals surface area contributed by atoms with Crippen LogP contribution in [0, 0.1) is 0 Å². The number of hydrogen-bond donors (Lipinski definition) is 0. The smallest absolute Gasteiger partial charge is 0.281 e. The van der Waals surface area contributed by atoms with E-state index in [1.165, 1.54) is 5.01 Å². The largest absolute Gasteiger partial charge is 0.490 e. The second-order valence-corrected chi connectivity index (χ2v) is 8.49. The molecule has 1 aliphatic heterocycles. The average molecular weight is 469 g/mol. The van der Waals surface area contributed by atoms with Crippen LogP contribution in [0.2, 0.25) is 5.02 Å². The lowest BCUT2D eigenvalue weighted by molar-refractivity contribution is -0.135. The molecular weight excluding hydrogens is 448 g/mol. The highest BCUT2D eigenvalue weighted by molar-refractivity contribution is 7.10. The Morgan fingerprint density at radius 2 is 2.00 bits per heavy atom. The molecule has 1 atom stereocenters. The fourth-order valence-corrected chi connectivity index (χ4v) is 4.39. The Bertz CT molecular complexity index is 1130. The third-order valence-electron chi connectivity index (χ3n) is 4.97. The van der Waals surface area contributed by atoms with Crippen LogP contribution in [-0.4, -0.2) is 36.1 Å². The van der Waals surface area contributed by atoms with Crippen LogP contribution in [0.25, 0.3) is 0 Å². The zero-order valence-electron chi connectivity index (χ0n) is 17.4. The highest BCUT2D eigenvalue weighted by Gasteiger charge is 2.34. The van der Waals surface area contributed by atoms with Gasteiger partial charge in [-0.2, -0.15) is 5.10 Å². The van der Waals surface area contributed by atoms with Crippen molar-refractivity contribution in [2.24, 2.45) is 5.10 Å². The molecule has 164 valence electrons. The van der Waals surface area contributed by atoms with Gasteiger partial charge in [0.2, 0.25) is 0 Å². The molecule has 1 aromatic heterocycles. The van der Waals surface area contributed by atoms with Gasteiger partial charge in [-0.3, -0.25) is 9.59 Å². The van der Waals surface area contributed by atoms with Gasteiger partial charge in [0.25, 0.3) is 5.91 Å². The summed E-state index contributed by atoms with van der Waals surface area (Å²) in [7, 11) is 0. The fourth-order valence-electron chi connectivity index (χ4n) is 3.45. The first-order valence-electron chi connectivity index (χ1n) is 10.1. The Morgan fingerprint density at radius 1 is 1.19 bits per heavy atom. The van der Waals surface area contributed by atoms with E-state index < -0.39 is 0 Å². The maximum absolute atomic E-state index is 13.1. The second-order valence-electron chi connectivity index (χ2n) is 7.07. The lowest BCUT2D eigenvalue weighted by atomic mass is 10.0. The lowest BCUT2D eigenvalue weighted by Crippen LogP contribution is -2.31. The lowest BCUT2D eigenvalue weighted by Gasteiger charge is -2.21. The molecule has 2 aromatic carbocycles. The average Bonchev–Trinajstić information content (AvgIpc) is 3.49. The minimum Gasteiger partial charge on any atom is -0.490 e. The third kappa shape index (κ3) is 4.84. The summed E-state index contributed by atoms with van der Waals surface area (Å²) in [4.78, 5) is 25.2. The van der Waals surface area contributed by atoms with Gasteiger partial charge in [0.1, 0.15) is 6.29 Å². The molecule has 6 nitrogen and oxygen atoms in total. The van der Waals surface area contributed by atoms with Crippen LogP contribution in [0.3, 0.4) is 0 Å². The second kappa shape index (κ2) is 9.97. The molecule has 0 spiro atoms. The predicted octanol–water partition coefficient (Wildman–Crippen LogP) is 5.37. The Kier molecular flexibility index (Phi) is 6.87. The number of amides is 1. The minimum absolute atomic E-state index is 0.194. The summed E-state index contributed by atoms with van der Waals surface area (Å²) in [5, 5.41) is 8.76. The summed E-state index contributed by atoms with van der Waals surface area (Å²) in [6.45, 7) is 2.04. The van der Waals surface area contributed by atoms with Crippen molar-refractivity contribution < 1.29 is 19.1 Å². The number of hydrazone groups is 1. The van der Waals surface area contributed by atoms with Crippen molar-refractivity contribution in [1.82, 2.24) is 5.01 Å². The highest BCUT2D eigenvalue weighted by atomic mass is 35.5. The molecule has 0 radical (unpaired) electrons. The van der Waals surface area contributed by atoms with Gasteiger partial charge >= 0.3 is 0 Å². The summed E-state index contributed by atoms with van der Waals surface area (Å²) >= 11 is 7.60. The van der Waals surface area contributed by atoms with Crippen LogP contribution < -0.4 is 9.47 Å². The quantitative estimate of drug-likeness (QED) is 0.417. The van der Waals surface area contributed by atoms with Crippen molar-refractivity contribution in [1.29, 1.82) is 0 Å². The van der Waals surface area contributed by atoms with E-state index in [2.05, 4.69) is 5.10 Å². The van der Waals surface area contributed by atoms with Gasteiger partial charge in [0.05, 0.1) is 18.4 Å². The molecule has 3 aromatic rings. The fraction of sp³-hybridized carbons (Fsp3) is 0.208. The van der Waals surface area contributed by atoms with Gasteiger partial charge in [-0.25, -0.2) is 5.01 Å². The first kappa shape index (κ1) is 22.0. The molecule has 8 heteroatoms. The first-order chi connectivity index (χ1) is 15.6. The van der Waals surface area contributed by atoms with Crippen LogP contribution in [0.15, 0.2) is 65.1 Å². The zero-order valence-corrected chi connectivity index (χ0v) is 18.9. The molecule has 0 aliphatic carbocycles. The van der Waals surface area contributed by atoms with Crippen molar-refractivity contribution in [3.63, 3.8) is 0 Å². The van der Waals surface area contributed by atoms with Gasteiger partial charge in [-0.1, -0.05) is 29.8 Å². The summed E-state index contributed by atoms with van der Waals surface area (Å²) in [6.07, 6.45) is 1.34. The summed E-state index contributed by atoms with van der Waals surface area (Å²) in [6, 6.07) is 16.0. The van der Waals surface area contributed by atoms with E-state index in [4.69, 9.17) is 21.1 Å². The number of hydrogen-bond acceptors (Lipinski definition) is 6. The van der Waals surface area contributed by atoms with Crippen LogP contribution in [0.5, 0.6) is 11.5 Å². The highest BCUT2D eigenvalue weighted by Crippen LogP contribution is 2.36. The molecule has 0 N–H and O–H groups in total. The van der Waals surface area contributed by atoms with E-state index in [-0.39, 0.29) is 18.6 Å². The van der Waals surface area contributed by atoms with Gasteiger partial charge in [-0.05, 0) is 54.3 Å². The number of aldehydes is 1. The molecule has 0 saturated carbocycles. The molecule has 0 saturated heterocycles. The molecule has 0 fully saturated rings. The number of rotatable bonds is 8. The summed E-state index contributed by atoms with van der Waals surface area (Å²) in [5.41, 5.74) is 2.22. The van der Waals surface area contributed by atoms with Gasteiger partial charge in [0.15, 0.2) is 18.1 Å². The number of carbonyl (C=O) groups is 2. The standard InChI is InChI=1S/C24H21ClN2O4S/c1-2-30-22-12-16(14-28)5-10-21(22)31-15-24(29)27-20(23-4-3-11-32-23)13-19(26-27)17-6-8-18(25)9-7-17/h3-12,14,20H,2,13,15H2,1H3. The van der Waals surface area contributed by atoms with Crippen molar-refractivity contribution in [2.75, 3.05) is 13.2 Å². The Morgan fingerprint density at radius 3 is 2.69 bits per heavy atom. The Balaban J connectivity index is 1.55. The molecule has 2 heterocycles.